The summed E-state index contributed by atoms with van der Waals surface area (Å²) in [4.78, 5) is 32.3. The van der Waals surface area contributed by atoms with E-state index < -0.39 is 11.7 Å². The van der Waals surface area contributed by atoms with Crippen molar-refractivity contribution in [2.45, 2.75) is 58.7 Å². The summed E-state index contributed by atoms with van der Waals surface area (Å²) in [5.41, 5.74) is 2.49. The predicted molar refractivity (Wildman–Crippen MR) is 127 cm³/mol. The molecule has 0 radical (unpaired) electrons. The molecule has 2 aromatic heterocycles. The average molecular weight is 450 g/mol. The number of carbonyl (C=O) groups excluding carboxylic acids is 2. The fourth-order valence-corrected chi connectivity index (χ4v) is 4.08. The first kappa shape index (κ1) is 22.8. The summed E-state index contributed by atoms with van der Waals surface area (Å²) in [5, 5.41) is 8.12. The smallest absolute Gasteiger partial charge is 0.407 e. The van der Waals surface area contributed by atoms with Crippen LogP contribution in [0, 0.1) is 0 Å². The summed E-state index contributed by atoms with van der Waals surface area (Å²) in [5.74, 6) is -0.0362. The van der Waals surface area contributed by atoms with Gasteiger partial charge >= 0.3 is 6.09 Å². The van der Waals surface area contributed by atoms with Crippen LogP contribution in [0.1, 0.15) is 50.9 Å². The largest absolute Gasteiger partial charge is 0.444 e. The van der Waals surface area contributed by atoms with Gasteiger partial charge in [0.1, 0.15) is 5.60 Å². The van der Waals surface area contributed by atoms with Gasteiger partial charge in [0.15, 0.2) is 5.65 Å². The Morgan fingerprint density at radius 3 is 2.48 bits per heavy atom. The standard InChI is InChI=1S/C25H31N5O3/c1-5-30-22-20(16-26-30)19(15-21(28-22)17-9-7-6-8-10-17)23(31)29-13-11-18(12-14-29)27-24(32)33-25(2,3)4/h6-10,15-16,18H,5,11-14H2,1-4H3,(H,27,32). The number of hydrogen-bond donors (Lipinski definition) is 1. The Kier molecular flexibility index (Phi) is 6.35. The minimum Gasteiger partial charge on any atom is -0.444 e. The maximum Gasteiger partial charge on any atom is 0.407 e. The normalized spacial score (nSPS) is 15.0. The highest BCUT2D eigenvalue weighted by Gasteiger charge is 2.28. The number of nitrogens with zero attached hydrogens (tertiary/aromatic N) is 4. The van der Waals surface area contributed by atoms with E-state index in [0.717, 1.165) is 16.6 Å². The third-order valence-corrected chi connectivity index (χ3v) is 5.71. The van der Waals surface area contributed by atoms with Gasteiger partial charge in [-0.1, -0.05) is 30.3 Å². The number of piperidine rings is 1. The van der Waals surface area contributed by atoms with E-state index in [1.54, 1.807) is 6.20 Å². The molecule has 1 aliphatic rings. The topological polar surface area (TPSA) is 89.4 Å². The van der Waals surface area contributed by atoms with E-state index >= 15 is 0 Å². The fraction of sp³-hybridized carbons (Fsp3) is 0.440. The maximum absolute atomic E-state index is 13.6. The molecule has 1 saturated heterocycles. The Morgan fingerprint density at radius 1 is 1.15 bits per heavy atom. The van der Waals surface area contributed by atoms with Gasteiger partial charge in [-0.2, -0.15) is 5.10 Å². The zero-order chi connectivity index (χ0) is 23.6. The average Bonchev–Trinajstić information content (AvgIpc) is 3.21. The van der Waals surface area contributed by atoms with Gasteiger partial charge in [0, 0.05) is 31.2 Å². The van der Waals surface area contributed by atoms with Crippen LogP contribution in [0.4, 0.5) is 4.79 Å². The van der Waals surface area contributed by atoms with Gasteiger partial charge in [0.05, 0.1) is 22.8 Å². The zero-order valence-corrected chi connectivity index (χ0v) is 19.7. The Labute approximate surface area is 193 Å². The molecule has 3 heterocycles. The Balaban J connectivity index is 1.54. The zero-order valence-electron chi connectivity index (χ0n) is 19.7. The molecule has 1 fully saturated rings. The van der Waals surface area contributed by atoms with Crippen LogP contribution in [-0.2, 0) is 11.3 Å². The number of alkyl carbamates (subject to hydrolysis) is 1. The number of pyridine rings is 1. The van der Waals surface area contributed by atoms with Gasteiger partial charge in [-0.05, 0) is 46.6 Å². The molecule has 33 heavy (non-hydrogen) atoms. The fourth-order valence-electron chi connectivity index (χ4n) is 4.08. The number of carbonyl (C=O) groups is 2. The van der Waals surface area contributed by atoms with Gasteiger partial charge in [0.25, 0.3) is 5.91 Å². The SMILES string of the molecule is CCn1ncc2c(C(=O)N3CCC(NC(=O)OC(C)(C)C)CC3)cc(-c3ccccc3)nc21. The molecule has 8 heteroatoms. The number of ether oxygens (including phenoxy) is 1. The Hall–Kier alpha value is -3.42. The monoisotopic (exact) mass is 449 g/mol. The molecule has 8 nitrogen and oxygen atoms in total. The summed E-state index contributed by atoms with van der Waals surface area (Å²) in [6.07, 6.45) is 2.67. The molecular formula is C25H31N5O3. The first-order chi connectivity index (χ1) is 15.7. The van der Waals surface area contributed by atoms with Crippen LogP contribution < -0.4 is 5.32 Å². The van der Waals surface area contributed by atoms with Crippen molar-refractivity contribution in [3.05, 3.63) is 48.2 Å². The molecule has 0 bridgehead atoms. The van der Waals surface area contributed by atoms with Crippen LogP contribution in [0.15, 0.2) is 42.6 Å². The first-order valence-corrected chi connectivity index (χ1v) is 11.5. The highest BCUT2D eigenvalue weighted by molar-refractivity contribution is 6.06. The number of benzene rings is 1. The number of amides is 2. The quantitative estimate of drug-likeness (QED) is 0.643. The lowest BCUT2D eigenvalue weighted by Gasteiger charge is -2.33. The highest BCUT2D eigenvalue weighted by atomic mass is 16.6. The van der Waals surface area contributed by atoms with E-state index in [1.807, 2.05) is 73.7 Å². The molecule has 0 spiro atoms. The van der Waals surface area contributed by atoms with E-state index in [2.05, 4.69) is 10.4 Å². The molecule has 0 aliphatic carbocycles. The molecule has 2 amide bonds. The third-order valence-electron chi connectivity index (χ3n) is 5.71. The van der Waals surface area contributed by atoms with Crippen LogP contribution in [0.3, 0.4) is 0 Å². The minimum atomic E-state index is -0.535. The Bertz CT molecular complexity index is 1140. The molecule has 1 aromatic carbocycles. The molecule has 0 saturated carbocycles. The number of aromatic nitrogens is 3. The lowest BCUT2D eigenvalue weighted by molar-refractivity contribution is 0.0474. The van der Waals surface area contributed by atoms with Crippen molar-refractivity contribution in [1.82, 2.24) is 25.0 Å². The second kappa shape index (κ2) is 9.21. The predicted octanol–water partition coefficient (Wildman–Crippen LogP) is 4.25. The van der Waals surface area contributed by atoms with Crippen LogP contribution in [0.5, 0.6) is 0 Å². The van der Waals surface area contributed by atoms with Crippen molar-refractivity contribution < 1.29 is 14.3 Å². The molecule has 4 rings (SSSR count). The van der Waals surface area contributed by atoms with E-state index in [9.17, 15) is 9.59 Å². The van der Waals surface area contributed by atoms with Crippen molar-refractivity contribution >= 4 is 23.0 Å². The van der Waals surface area contributed by atoms with Gasteiger partial charge in [-0.25, -0.2) is 14.5 Å². The number of hydrogen-bond acceptors (Lipinski definition) is 5. The van der Waals surface area contributed by atoms with E-state index in [1.165, 1.54) is 0 Å². The highest BCUT2D eigenvalue weighted by Crippen LogP contribution is 2.27. The van der Waals surface area contributed by atoms with Crippen LogP contribution >= 0.6 is 0 Å². The number of likely N-dealkylation sites (tertiary alicyclic amines) is 1. The number of rotatable bonds is 4. The van der Waals surface area contributed by atoms with Crippen molar-refractivity contribution in [3.8, 4) is 11.3 Å². The van der Waals surface area contributed by atoms with Crippen molar-refractivity contribution in [2.24, 2.45) is 0 Å². The molecule has 0 atom stereocenters. The van der Waals surface area contributed by atoms with Crippen molar-refractivity contribution in [3.63, 3.8) is 0 Å². The minimum absolute atomic E-state index is 0.0101. The van der Waals surface area contributed by atoms with E-state index in [-0.39, 0.29) is 11.9 Å². The number of fused-ring (bicyclic) bond motifs is 1. The van der Waals surface area contributed by atoms with Gasteiger partial charge in [-0.15, -0.1) is 0 Å². The summed E-state index contributed by atoms with van der Waals surface area (Å²) < 4.78 is 7.17. The summed E-state index contributed by atoms with van der Waals surface area (Å²) in [6, 6.07) is 11.7. The van der Waals surface area contributed by atoms with Gasteiger partial charge in [0.2, 0.25) is 0 Å². The number of nitrogens with one attached hydrogen (secondary N) is 1. The number of aryl methyl sites for hydroxylation is 1. The lowest BCUT2D eigenvalue weighted by Crippen LogP contribution is -2.47. The van der Waals surface area contributed by atoms with Gasteiger partial charge in [-0.3, -0.25) is 4.79 Å². The molecule has 174 valence electrons. The summed E-state index contributed by atoms with van der Waals surface area (Å²) in [7, 11) is 0. The van der Waals surface area contributed by atoms with Crippen LogP contribution in [0.25, 0.3) is 22.3 Å². The van der Waals surface area contributed by atoms with Crippen LogP contribution in [0.2, 0.25) is 0 Å². The maximum atomic E-state index is 13.6. The molecule has 1 N–H and O–H groups in total. The third kappa shape index (κ3) is 5.16. The van der Waals surface area contributed by atoms with E-state index in [4.69, 9.17) is 9.72 Å². The molecule has 3 aromatic rings. The second-order valence-corrected chi connectivity index (χ2v) is 9.33. The summed E-state index contributed by atoms with van der Waals surface area (Å²) in [6.45, 7) is 9.32. The Morgan fingerprint density at radius 2 is 1.85 bits per heavy atom. The lowest BCUT2D eigenvalue weighted by atomic mass is 10.0. The van der Waals surface area contributed by atoms with Crippen molar-refractivity contribution in [2.75, 3.05) is 13.1 Å². The summed E-state index contributed by atoms with van der Waals surface area (Å²) >= 11 is 0. The van der Waals surface area contributed by atoms with Crippen LogP contribution in [-0.4, -0.2) is 56.4 Å². The van der Waals surface area contributed by atoms with Gasteiger partial charge < -0.3 is 15.0 Å². The van der Waals surface area contributed by atoms with E-state index in [0.29, 0.717) is 43.7 Å². The second-order valence-electron chi connectivity index (χ2n) is 9.33. The van der Waals surface area contributed by atoms with Crippen molar-refractivity contribution in [1.29, 1.82) is 0 Å². The molecule has 0 unspecified atom stereocenters. The molecular weight excluding hydrogens is 418 g/mol. The first-order valence-electron chi connectivity index (χ1n) is 11.5. The molecule has 1 aliphatic heterocycles.